The number of amides is 1. The van der Waals surface area contributed by atoms with Gasteiger partial charge in [0.1, 0.15) is 10.7 Å². The van der Waals surface area contributed by atoms with E-state index >= 15 is 0 Å². The first-order valence-corrected chi connectivity index (χ1v) is 8.06. The Labute approximate surface area is 135 Å². The molecule has 0 spiro atoms. The summed E-state index contributed by atoms with van der Waals surface area (Å²) < 4.78 is 13.9. The molecule has 0 bridgehead atoms. The highest BCUT2D eigenvalue weighted by Crippen LogP contribution is 2.37. The van der Waals surface area contributed by atoms with Crippen LogP contribution in [0.3, 0.4) is 0 Å². The number of carboxylic acid groups (broad SMARTS) is 1. The second-order valence-corrected chi connectivity index (χ2v) is 6.72. The second-order valence-electron chi connectivity index (χ2n) is 5.29. The Kier molecular flexibility index (Phi) is 4.06. The Hall–Kier alpha value is -1.66. The van der Waals surface area contributed by atoms with E-state index in [0.29, 0.717) is 45.9 Å². The van der Waals surface area contributed by atoms with Crippen LogP contribution in [0.25, 0.3) is 10.1 Å². The van der Waals surface area contributed by atoms with E-state index in [9.17, 15) is 14.0 Å². The molecule has 0 saturated carbocycles. The van der Waals surface area contributed by atoms with Crippen LogP contribution < -0.4 is 0 Å². The van der Waals surface area contributed by atoms with Gasteiger partial charge in [0.25, 0.3) is 5.91 Å². The summed E-state index contributed by atoms with van der Waals surface area (Å²) in [4.78, 5) is 25.5. The smallest absolute Gasteiger partial charge is 0.306 e. The number of hydrogen-bond donors (Lipinski definition) is 1. The minimum Gasteiger partial charge on any atom is -0.481 e. The minimum atomic E-state index is -0.817. The second kappa shape index (κ2) is 5.85. The molecule has 22 heavy (non-hydrogen) atoms. The molecule has 1 amide bonds. The lowest BCUT2D eigenvalue weighted by molar-refractivity contribution is -0.143. The van der Waals surface area contributed by atoms with Crippen molar-refractivity contribution in [2.45, 2.75) is 12.8 Å². The van der Waals surface area contributed by atoms with Crippen molar-refractivity contribution in [1.29, 1.82) is 0 Å². The van der Waals surface area contributed by atoms with Gasteiger partial charge in [0, 0.05) is 23.2 Å². The molecule has 1 aromatic heterocycles. The lowest BCUT2D eigenvalue weighted by atomic mass is 9.97. The van der Waals surface area contributed by atoms with Crippen LogP contribution in [-0.2, 0) is 4.79 Å². The van der Waals surface area contributed by atoms with E-state index in [1.807, 2.05) is 0 Å². The Bertz CT molecular complexity index is 753. The van der Waals surface area contributed by atoms with Gasteiger partial charge in [-0.25, -0.2) is 4.39 Å². The largest absolute Gasteiger partial charge is 0.481 e. The third-order valence-corrected chi connectivity index (χ3v) is 5.56. The fraction of sp³-hybridized carbons (Fsp3) is 0.333. The molecule has 1 aromatic carbocycles. The molecular weight excluding hydrogens is 329 g/mol. The number of carbonyl (C=O) groups excluding carboxylic acids is 1. The summed E-state index contributed by atoms with van der Waals surface area (Å²) in [5, 5.41) is 9.99. The van der Waals surface area contributed by atoms with Gasteiger partial charge >= 0.3 is 5.97 Å². The number of rotatable bonds is 2. The highest BCUT2D eigenvalue weighted by atomic mass is 35.5. The summed E-state index contributed by atoms with van der Waals surface area (Å²) in [6, 6.07) is 4.24. The van der Waals surface area contributed by atoms with Crippen LogP contribution >= 0.6 is 22.9 Å². The molecule has 0 atom stereocenters. The van der Waals surface area contributed by atoms with E-state index in [1.54, 1.807) is 11.0 Å². The zero-order chi connectivity index (χ0) is 15.9. The first-order chi connectivity index (χ1) is 10.5. The number of nitrogens with zero attached hydrogens (tertiary/aromatic N) is 1. The molecular formula is C15H13ClFNO3S. The summed E-state index contributed by atoms with van der Waals surface area (Å²) in [6.45, 7) is 0.795. The number of thiophene rings is 1. The van der Waals surface area contributed by atoms with Crippen LogP contribution in [0.2, 0.25) is 5.02 Å². The van der Waals surface area contributed by atoms with Gasteiger partial charge in [-0.15, -0.1) is 11.3 Å². The van der Waals surface area contributed by atoms with Gasteiger partial charge in [-0.2, -0.15) is 0 Å². The number of likely N-dealkylation sites (tertiary alicyclic amines) is 1. The number of carbonyl (C=O) groups is 2. The average Bonchev–Trinajstić information content (AvgIpc) is 2.83. The first kappa shape index (κ1) is 15.2. The van der Waals surface area contributed by atoms with Crippen molar-refractivity contribution in [3.63, 3.8) is 0 Å². The molecule has 4 nitrogen and oxygen atoms in total. The third kappa shape index (κ3) is 2.68. The van der Waals surface area contributed by atoms with Crippen molar-refractivity contribution in [1.82, 2.24) is 4.90 Å². The molecule has 0 aliphatic carbocycles. The molecule has 0 unspecified atom stereocenters. The van der Waals surface area contributed by atoms with Gasteiger partial charge in [-0.05, 0) is 31.0 Å². The fourth-order valence-corrected chi connectivity index (χ4v) is 4.15. The van der Waals surface area contributed by atoms with E-state index in [-0.39, 0.29) is 11.7 Å². The van der Waals surface area contributed by atoms with Gasteiger partial charge in [0.05, 0.1) is 10.9 Å². The summed E-state index contributed by atoms with van der Waals surface area (Å²) in [7, 11) is 0. The van der Waals surface area contributed by atoms with Crippen molar-refractivity contribution in [2.24, 2.45) is 5.92 Å². The van der Waals surface area contributed by atoms with Crippen LogP contribution in [0.5, 0.6) is 0 Å². The van der Waals surface area contributed by atoms with Gasteiger partial charge < -0.3 is 10.0 Å². The molecule has 116 valence electrons. The van der Waals surface area contributed by atoms with Crippen LogP contribution in [-0.4, -0.2) is 35.0 Å². The lowest BCUT2D eigenvalue weighted by Crippen LogP contribution is -2.40. The first-order valence-electron chi connectivity index (χ1n) is 6.87. The summed E-state index contributed by atoms with van der Waals surface area (Å²) in [5.74, 6) is -1.79. The maximum Gasteiger partial charge on any atom is 0.306 e. The summed E-state index contributed by atoms with van der Waals surface area (Å²) in [6.07, 6.45) is 0.885. The number of benzene rings is 1. The zero-order valence-corrected chi connectivity index (χ0v) is 13.1. The number of hydrogen-bond acceptors (Lipinski definition) is 3. The van der Waals surface area contributed by atoms with E-state index < -0.39 is 11.9 Å². The Morgan fingerprint density at radius 2 is 2.00 bits per heavy atom. The average molecular weight is 342 g/mol. The van der Waals surface area contributed by atoms with Crippen molar-refractivity contribution >= 4 is 44.9 Å². The van der Waals surface area contributed by atoms with Crippen molar-refractivity contribution in [3.8, 4) is 0 Å². The molecule has 1 aliphatic rings. The van der Waals surface area contributed by atoms with Crippen LogP contribution in [0, 0.1) is 11.7 Å². The predicted octanol–water partition coefficient (Wildman–Crippen LogP) is 3.63. The normalized spacial score (nSPS) is 16.2. The Morgan fingerprint density at radius 3 is 2.64 bits per heavy atom. The quantitative estimate of drug-likeness (QED) is 0.907. The molecule has 3 rings (SSSR count). The highest BCUT2D eigenvalue weighted by Gasteiger charge is 2.29. The molecule has 0 radical (unpaired) electrons. The van der Waals surface area contributed by atoms with Crippen LogP contribution in [0.15, 0.2) is 18.2 Å². The molecule has 1 N–H and O–H groups in total. The topological polar surface area (TPSA) is 57.6 Å². The number of halogens is 2. The standard InChI is InChI=1S/C15H13ClFNO3S/c16-12-10-2-1-9(17)7-11(10)22-13(12)14(19)18-5-3-8(4-6-18)15(20)21/h1-2,7-8H,3-6H2,(H,20,21). The van der Waals surface area contributed by atoms with Gasteiger partial charge in [-0.3, -0.25) is 9.59 Å². The zero-order valence-electron chi connectivity index (χ0n) is 11.5. The van der Waals surface area contributed by atoms with E-state index in [4.69, 9.17) is 16.7 Å². The molecule has 2 heterocycles. The molecule has 1 fully saturated rings. The lowest BCUT2D eigenvalue weighted by Gasteiger charge is -2.29. The molecule has 7 heteroatoms. The molecule has 1 saturated heterocycles. The van der Waals surface area contributed by atoms with Crippen LogP contribution in [0.4, 0.5) is 4.39 Å². The van der Waals surface area contributed by atoms with Crippen LogP contribution in [0.1, 0.15) is 22.5 Å². The van der Waals surface area contributed by atoms with E-state index in [0.717, 1.165) is 0 Å². The summed E-state index contributed by atoms with van der Waals surface area (Å²) >= 11 is 7.42. The Balaban J connectivity index is 1.84. The monoisotopic (exact) mass is 341 g/mol. The van der Waals surface area contributed by atoms with Crippen molar-refractivity contribution < 1.29 is 19.1 Å². The minimum absolute atomic E-state index is 0.213. The van der Waals surface area contributed by atoms with Crippen molar-refractivity contribution in [3.05, 3.63) is 33.9 Å². The molecule has 1 aliphatic heterocycles. The molecule has 2 aromatic rings. The van der Waals surface area contributed by atoms with E-state index in [2.05, 4.69) is 0 Å². The van der Waals surface area contributed by atoms with Gasteiger partial charge in [0.2, 0.25) is 0 Å². The maximum atomic E-state index is 13.3. The highest BCUT2D eigenvalue weighted by molar-refractivity contribution is 7.21. The maximum absolute atomic E-state index is 13.3. The number of piperidine rings is 1. The number of aliphatic carboxylic acids is 1. The van der Waals surface area contributed by atoms with Gasteiger partial charge in [-0.1, -0.05) is 11.6 Å². The fourth-order valence-electron chi connectivity index (χ4n) is 2.65. The predicted molar refractivity (Wildman–Crippen MR) is 83.1 cm³/mol. The third-order valence-electron chi connectivity index (χ3n) is 3.92. The summed E-state index contributed by atoms with van der Waals surface area (Å²) in [5.41, 5.74) is 0. The number of carboxylic acids is 1. The van der Waals surface area contributed by atoms with Gasteiger partial charge in [0.15, 0.2) is 0 Å². The van der Waals surface area contributed by atoms with E-state index in [1.165, 1.54) is 23.5 Å². The Morgan fingerprint density at radius 1 is 1.32 bits per heavy atom. The van der Waals surface area contributed by atoms with Crippen molar-refractivity contribution in [2.75, 3.05) is 13.1 Å². The number of fused-ring (bicyclic) bond motifs is 1. The SMILES string of the molecule is O=C(O)C1CCN(C(=O)c2sc3cc(F)ccc3c2Cl)CC1.